The topological polar surface area (TPSA) is 77.0 Å². The Bertz CT molecular complexity index is 726. The zero-order valence-corrected chi connectivity index (χ0v) is 13.8. The van der Waals surface area contributed by atoms with E-state index in [1.165, 1.54) is 0 Å². The molecule has 0 radical (unpaired) electrons. The monoisotopic (exact) mass is 325 g/mol. The van der Waals surface area contributed by atoms with Gasteiger partial charge in [-0.15, -0.1) is 10.2 Å². The molecule has 0 bridgehead atoms. The van der Waals surface area contributed by atoms with Crippen LogP contribution in [0.5, 0.6) is 0 Å². The average molecular weight is 325 g/mol. The standard InChI is InChI=1S/C18H23N5O/c19-15-8-4-7-14(15)11-17(24)22-9-10-23-16(12-22)20-21-18(23)13-5-2-1-3-6-13/h1-3,5-6,14-15H,4,7-12,19H2/t14-,15+/m0/s1. The molecule has 6 nitrogen and oxygen atoms in total. The maximum atomic E-state index is 12.6. The first kappa shape index (κ1) is 15.3. The molecule has 2 N–H and O–H groups in total. The normalized spacial score (nSPS) is 23.3. The van der Waals surface area contributed by atoms with Crippen molar-refractivity contribution >= 4 is 5.91 Å². The number of nitrogens with two attached hydrogens (primary N) is 1. The van der Waals surface area contributed by atoms with Crippen molar-refractivity contribution in [1.82, 2.24) is 19.7 Å². The Kier molecular flexibility index (Phi) is 4.06. The van der Waals surface area contributed by atoms with Gasteiger partial charge in [-0.05, 0) is 18.8 Å². The van der Waals surface area contributed by atoms with Crippen molar-refractivity contribution in [2.75, 3.05) is 6.54 Å². The number of carbonyl (C=O) groups is 1. The minimum Gasteiger partial charge on any atom is -0.333 e. The summed E-state index contributed by atoms with van der Waals surface area (Å²) >= 11 is 0. The summed E-state index contributed by atoms with van der Waals surface area (Å²) in [4.78, 5) is 14.5. The molecular formula is C18H23N5O. The molecule has 126 valence electrons. The Balaban J connectivity index is 1.47. The summed E-state index contributed by atoms with van der Waals surface area (Å²) in [5.41, 5.74) is 7.17. The molecule has 4 rings (SSSR count). The van der Waals surface area contributed by atoms with Gasteiger partial charge in [-0.2, -0.15) is 0 Å². The third-order valence-electron chi connectivity index (χ3n) is 5.29. The summed E-state index contributed by atoms with van der Waals surface area (Å²) in [6.45, 7) is 2.00. The second-order valence-corrected chi connectivity index (χ2v) is 6.83. The molecule has 2 aliphatic rings. The van der Waals surface area contributed by atoms with Crippen LogP contribution in [0.4, 0.5) is 0 Å². The van der Waals surface area contributed by atoms with Gasteiger partial charge < -0.3 is 15.2 Å². The van der Waals surface area contributed by atoms with Crippen LogP contribution in [0, 0.1) is 5.92 Å². The summed E-state index contributed by atoms with van der Waals surface area (Å²) in [6, 6.07) is 10.3. The third kappa shape index (κ3) is 2.82. The molecule has 2 atom stereocenters. The Hall–Kier alpha value is -2.21. The van der Waals surface area contributed by atoms with E-state index in [2.05, 4.69) is 14.8 Å². The van der Waals surface area contributed by atoms with Crippen LogP contribution < -0.4 is 5.73 Å². The lowest BCUT2D eigenvalue weighted by Crippen LogP contribution is -2.40. The van der Waals surface area contributed by atoms with Gasteiger partial charge in [-0.3, -0.25) is 4.79 Å². The second kappa shape index (κ2) is 6.36. The molecule has 24 heavy (non-hydrogen) atoms. The largest absolute Gasteiger partial charge is 0.333 e. The van der Waals surface area contributed by atoms with Gasteiger partial charge in [0.15, 0.2) is 11.6 Å². The van der Waals surface area contributed by atoms with E-state index in [-0.39, 0.29) is 11.9 Å². The SMILES string of the molecule is N[C@@H]1CCC[C@H]1CC(=O)N1CCn2c(nnc2-c2ccccc2)C1. The van der Waals surface area contributed by atoms with Gasteiger partial charge in [0.25, 0.3) is 0 Å². The van der Waals surface area contributed by atoms with Crippen LogP contribution in [-0.4, -0.2) is 38.2 Å². The summed E-state index contributed by atoms with van der Waals surface area (Å²) < 4.78 is 2.13. The van der Waals surface area contributed by atoms with Crippen LogP contribution in [0.1, 0.15) is 31.5 Å². The molecule has 0 unspecified atom stereocenters. The van der Waals surface area contributed by atoms with E-state index >= 15 is 0 Å². The van der Waals surface area contributed by atoms with Gasteiger partial charge in [0, 0.05) is 31.1 Å². The first-order chi connectivity index (χ1) is 11.7. The quantitative estimate of drug-likeness (QED) is 0.933. The summed E-state index contributed by atoms with van der Waals surface area (Å²) in [7, 11) is 0. The van der Waals surface area contributed by atoms with E-state index in [0.29, 0.717) is 25.4 Å². The first-order valence-corrected chi connectivity index (χ1v) is 8.73. The average Bonchev–Trinajstić information content (AvgIpc) is 3.21. The smallest absolute Gasteiger partial charge is 0.223 e. The molecule has 1 amide bonds. The van der Waals surface area contributed by atoms with Crippen LogP contribution in [0.3, 0.4) is 0 Å². The predicted octanol–water partition coefficient (Wildman–Crippen LogP) is 1.80. The molecule has 6 heteroatoms. The van der Waals surface area contributed by atoms with E-state index in [9.17, 15) is 4.79 Å². The number of amides is 1. The predicted molar refractivity (Wildman–Crippen MR) is 90.8 cm³/mol. The van der Waals surface area contributed by atoms with Crippen LogP contribution in [0.25, 0.3) is 11.4 Å². The Morgan fingerprint density at radius 3 is 2.75 bits per heavy atom. The molecular weight excluding hydrogens is 302 g/mol. The van der Waals surface area contributed by atoms with E-state index in [1.807, 2.05) is 35.2 Å². The highest BCUT2D eigenvalue weighted by Gasteiger charge is 2.30. The lowest BCUT2D eigenvalue weighted by molar-refractivity contribution is -0.133. The number of benzene rings is 1. The van der Waals surface area contributed by atoms with Crippen molar-refractivity contribution in [1.29, 1.82) is 0 Å². The van der Waals surface area contributed by atoms with Crippen molar-refractivity contribution in [3.63, 3.8) is 0 Å². The van der Waals surface area contributed by atoms with Crippen LogP contribution in [0.2, 0.25) is 0 Å². The Morgan fingerprint density at radius 1 is 1.17 bits per heavy atom. The van der Waals surface area contributed by atoms with E-state index in [4.69, 9.17) is 5.73 Å². The highest BCUT2D eigenvalue weighted by atomic mass is 16.2. The fraction of sp³-hybridized carbons (Fsp3) is 0.500. The summed E-state index contributed by atoms with van der Waals surface area (Å²) in [5.74, 6) is 2.30. The molecule has 2 heterocycles. The molecule has 1 fully saturated rings. The number of rotatable bonds is 3. The summed E-state index contributed by atoms with van der Waals surface area (Å²) in [6.07, 6.45) is 3.84. The third-order valence-corrected chi connectivity index (χ3v) is 5.29. The zero-order chi connectivity index (χ0) is 16.5. The van der Waals surface area contributed by atoms with Crippen molar-refractivity contribution in [2.24, 2.45) is 11.7 Å². The van der Waals surface area contributed by atoms with Gasteiger partial charge in [-0.25, -0.2) is 0 Å². The van der Waals surface area contributed by atoms with E-state index in [1.54, 1.807) is 0 Å². The Morgan fingerprint density at radius 2 is 2.00 bits per heavy atom. The van der Waals surface area contributed by atoms with Gasteiger partial charge in [0.1, 0.15) is 0 Å². The molecule has 1 saturated carbocycles. The first-order valence-electron chi connectivity index (χ1n) is 8.73. The highest BCUT2D eigenvalue weighted by Crippen LogP contribution is 2.28. The van der Waals surface area contributed by atoms with Gasteiger partial charge in [0.2, 0.25) is 5.91 Å². The lowest BCUT2D eigenvalue weighted by Gasteiger charge is -2.29. The number of nitrogens with zero attached hydrogens (tertiary/aromatic N) is 4. The number of hydrogen-bond donors (Lipinski definition) is 1. The van der Waals surface area contributed by atoms with Gasteiger partial charge in [0.05, 0.1) is 6.54 Å². The second-order valence-electron chi connectivity index (χ2n) is 6.83. The molecule has 1 aromatic carbocycles. The molecule has 0 spiro atoms. The maximum absolute atomic E-state index is 12.6. The van der Waals surface area contributed by atoms with Crippen molar-refractivity contribution < 1.29 is 4.79 Å². The molecule has 2 aromatic rings. The number of fused-ring (bicyclic) bond motifs is 1. The molecule has 1 aromatic heterocycles. The van der Waals surface area contributed by atoms with Crippen LogP contribution in [0.15, 0.2) is 30.3 Å². The fourth-order valence-corrected chi connectivity index (χ4v) is 3.84. The van der Waals surface area contributed by atoms with Crippen molar-refractivity contribution in [2.45, 2.75) is 44.8 Å². The van der Waals surface area contributed by atoms with Crippen LogP contribution in [-0.2, 0) is 17.9 Å². The maximum Gasteiger partial charge on any atom is 0.223 e. The fourth-order valence-electron chi connectivity index (χ4n) is 3.84. The minimum absolute atomic E-state index is 0.187. The molecule has 1 aliphatic carbocycles. The Labute approximate surface area is 141 Å². The van der Waals surface area contributed by atoms with Crippen molar-refractivity contribution in [3.05, 3.63) is 36.2 Å². The zero-order valence-electron chi connectivity index (χ0n) is 13.8. The minimum atomic E-state index is 0.187. The summed E-state index contributed by atoms with van der Waals surface area (Å²) in [5, 5.41) is 8.64. The van der Waals surface area contributed by atoms with Crippen LogP contribution >= 0.6 is 0 Å². The van der Waals surface area contributed by atoms with Gasteiger partial charge in [-0.1, -0.05) is 36.8 Å². The lowest BCUT2D eigenvalue weighted by atomic mass is 9.99. The highest BCUT2D eigenvalue weighted by molar-refractivity contribution is 5.76. The molecule has 1 aliphatic heterocycles. The number of carbonyl (C=O) groups excluding carboxylic acids is 1. The number of aromatic nitrogens is 3. The van der Waals surface area contributed by atoms with E-state index < -0.39 is 0 Å². The van der Waals surface area contributed by atoms with E-state index in [0.717, 1.165) is 43.0 Å². The number of hydrogen-bond acceptors (Lipinski definition) is 4. The van der Waals surface area contributed by atoms with Gasteiger partial charge >= 0.3 is 0 Å². The van der Waals surface area contributed by atoms with Crippen molar-refractivity contribution in [3.8, 4) is 11.4 Å². The molecule has 0 saturated heterocycles.